The molecule has 2 heteroatoms. The largest absolute Gasteiger partial charge is 0.381 e. The second-order valence-corrected chi connectivity index (χ2v) is 3.48. The second kappa shape index (κ2) is 3.31. The van der Waals surface area contributed by atoms with Crippen LogP contribution < -0.4 is 0 Å². The van der Waals surface area contributed by atoms with Crippen LogP contribution in [0.2, 0.25) is 0 Å². The number of hydrogen-bond acceptors (Lipinski definition) is 1. The molecule has 2 heterocycles. The summed E-state index contributed by atoms with van der Waals surface area (Å²) in [4.78, 5) is 0. The lowest BCUT2D eigenvalue weighted by Gasteiger charge is -2.23. The number of hydrogen-bond donors (Lipinski definition) is 0. The SMILES string of the molecule is Cc1ccn(C2CCOCC2)c1. The lowest BCUT2D eigenvalue weighted by atomic mass is 10.1. The molecule has 2 nitrogen and oxygen atoms in total. The second-order valence-electron chi connectivity index (χ2n) is 3.48. The monoisotopic (exact) mass is 165 g/mol. The van der Waals surface area contributed by atoms with Crippen LogP contribution in [0, 0.1) is 6.92 Å². The third kappa shape index (κ3) is 1.53. The van der Waals surface area contributed by atoms with Gasteiger partial charge >= 0.3 is 0 Å². The normalized spacial score (nSPS) is 19.8. The number of nitrogens with zero attached hydrogens (tertiary/aromatic N) is 1. The molecule has 0 radical (unpaired) electrons. The van der Waals surface area contributed by atoms with Gasteiger partial charge < -0.3 is 9.30 Å². The Kier molecular flexibility index (Phi) is 2.17. The highest BCUT2D eigenvalue weighted by Gasteiger charge is 2.14. The van der Waals surface area contributed by atoms with Crippen LogP contribution in [0.5, 0.6) is 0 Å². The van der Waals surface area contributed by atoms with E-state index in [1.54, 1.807) is 0 Å². The van der Waals surface area contributed by atoms with Crippen LogP contribution in [-0.2, 0) is 4.74 Å². The standard InChI is InChI=1S/C10H15NO/c1-9-2-5-11(8-9)10-3-6-12-7-4-10/h2,5,8,10H,3-4,6-7H2,1H3. The number of rotatable bonds is 1. The van der Waals surface area contributed by atoms with Crippen molar-refractivity contribution in [3.63, 3.8) is 0 Å². The Bertz CT molecular complexity index is 248. The van der Waals surface area contributed by atoms with Gasteiger partial charge in [0.15, 0.2) is 0 Å². The molecule has 1 aliphatic heterocycles. The fraction of sp³-hybridized carbons (Fsp3) is 0.600. The Morgan fingerprint density at radius 3 is 2.75 bits per heavy atom. The first-order chi connectivity index (χ1) is 5.86. The smallest absolute Gasteiger partial charge is 0.0485 e. The Hall–Kier alpha value is -0.760. The highest BCUT2D eigenvalue weighted by molar-refractivity contribution is 5.08. The molecule has 1 aliphatic rings. The van der Waals surface area contributed by atoms with Crippen molar-refractivity contribution in [1.29, 1.82) is 0 Å². The predicted molar refractivity (Wildman–Crippen MR) is 48.3 cm³/mol. The zero-order chi connectivity index (χ0) is 8.39. The van der Waals surface area contributed by atoms with Crippen LogP contribution in [-0.4, -0.2) is 17.8 Å². The maximum absolute atomic E-state index is 5.31. The van der Waals surface area contributed by atoms with Crippen LogP contribution in [0.1, 0.15) is 24.4 Å². The Morgan fingerprint density at radius 2 is 2.17 bits per heavy atom. The van der Waals surface area contributed by atoms with Crippen LogP contribution in [0.15, 0.2) is 18.5 Å². The maximum Gasteiger partial charge on any atom is 0.0485 e. The van der Waals surface area contributed by atoms with Crippen LogP contribution in [0.4, 0.5) is 0 Å². The molecule has 0 spiro atoms. The van der Waals surface area contributed by atoms with Crippen molar-refractivity contribution in [3.8, 4) is 0 Å². The van der Waals surface area contributed by atoms with Gasteiger partial charge in [-0.3, -0.25) is 0 Å². The zero-order valence-electron chi connectivity index (χ0n) is 7.49. The molecule has 1 aromatic rings. The van der Waals surface area contributed by atoms with E-state index in [1.165, 1.54) is 5.56 Å². The number of aryl methyl sites for hydroxylation is 1. The highest BCUT2D eigenvalue weighted by Crippen LogP contribution is 2.21. The van der Waals surface area contributed by atoms with E-state index < -0.39 is 0 Å². The van der Waals surface area contributed by atoms with E-state index in [1.807, 2.05) is 0 Å². The van der Waals surface area contributed by atoms with Crippen molar-refractivity contribution in [2.45, 2.75) is 25.8 Å². The Labute approximate surface area is 73.1 Å². The molecule has 0 atom stereocenters. The molecule has 0 unspecified atom stereocenters. The first-order valence-electron chi connectivity index (χ1n) is 4.58. The molecular formula is C10H15NO. The van der Waals surface area contributed by atoms with E-state index in [0.717, 1.165) is 26.1 Å². The lowest BCUT2D eigenvalue weighted by molar-refractivity contribution is 0.0696. The van der Waals surface area contributed by atoms with E-state index in [-0.39, 0.29) is 0 Å². The molecule has 2 rings (SSSR count). The van der Waals surface area contributed by atoms with E-state index in [9.17, 15) is 0 Å². The molecule has 0 bridgehead atoms. The van der Waals surface area contributed by atoms with Crippen LogP contribution in [0.3, 0.4) is 0 Å². The Balaban J connectivity index is 2.08. The van der Waals surface area contributed by atoms with Gasteiger partial charge in [0.25, 0.3) is 0 Å². The third-order valence-electron chi connectivity index (χ3n) is 2.47. The number of aromatic nitrogens is 1. The summed E-state index contributed by atoms with van der Waals surface area (Å²) in [5, 5.41) is 0. The average molecular weight is 165 g/mol. The minimum atomic E-state index is 0.674. The molecular weight excluding hydrogens is 150 g/mol. The van der Waals surface area contributed by atoms with Crippen molar-refractivity contribution in [2.75, 3.05) is 13.2 Å². The first kappa shape index (κ1) is 7.87. The first-order valence-corrected chi connectivity index (χ1v) is 4.58. The van der Waals surface area contributed by atoms with Gasteiger partial charge in [0.1, 0.15) is 0 Å². The van der Waals surface area contributed by atoms with E-state index in [4.69, 9.17) is 4.74 Å². The summed E-state index contributed by atoms with van der Waals surface area (Å²) in [6.07, 6.45) is 6.71. The summed E-state index contributed by atoms with van der Waals surface area (Å²) >= 11 is 0. The molecule has 1 saturated heterocycles. The van der Waals surface area contributed by atoms with Gasteiger partial charge in [-0.05, 0) is 31.4 Å². The van der Waals surface area contributed by atoms with Gasteiger partial charge in [-0.15, -0.1) is 0 Å². The highest BCUT2D eigenvalue weighted by atomic mass is 16.5. The summed E-state index contributed by atoms with van der Waals surface area (Å²) in [6, 6.07) is 2.84. The van der Waals surface area contributed by atoms with E-state index in [2.05, 4.69) is 30.0 Å². The summed E-state index contributed by atoms with van der Waals surface area (Å²) < 4.78 is 7.63. The van der Waals surface area contributed by atoms with Crippen molar-refractivity contribution < 1.29 is 4.74 Å². The van der Waals surface area contributed by atoms with Crippen molar-refractivity contribution in [1.82, 2.24) is 4.57 Å². The maximum atomic E-state index is 5.31. The van der Waals surface area contributed by atoms with Gasteiger partial charge in [-0.2, -0.15) is 0 Å². The van der Waals surface area contributed by atoms with Crippen LogP contribution >= 0.6 is 0 Å². The molecule has 1 aromatic heterocycles. The minimum absolute atomic E-state index is 0.674. The predicted octanol–water partition coefficient (Wildman–Crippen LogP) is 2.15. The third-order valence-corrected chi connectivity index (χ3v) is 2.47. The van der Waals surface area contributed by atoms with Crippen molar-refractivity contribution >= 4 is 0 Å². The molecule has 0 amide bonds. The van der Waals surface area contributed by atoms with Crippen molar-refractivity contribution in [3.05, 3.63) is 24.0 Å². The van der Waals surface area contributed by atoms with Gasteiger partial charge in [0.05, 0.1) is 0 Å². The summed E-state index contributed by atoms with van der Waals surface area (Å²) in [5.41, 5.74) is 1.35. The Morgan fingerprint density at radius 1 is 1.42 bits per heavy atom. The summed E-state index contributed by atoms with van der Waals surface area (Å²) in [5.74, 6) is 0. The van der Waals surface area contributed by atoms with Gasteiger partial charge in [-0.25, -0.2) is 0 Å². The van der Waals surface area contributed by atoms with Crippen molar-refractivity contribution in [2.24, 2.45) is 0 Å². The summed E-state index contributed by atoms with van der Waals surface area (Å²) in [6.45, 7) is 3.97. The number of ether oxygens (including phenoxy) is 1. The van der Waals surface area contributed by atoms with Crippen LogP contribution in [0.25, 0.3) is 0 Å². The lowest BCUT2D eigenvalue weighted by Crippen LogP contribution is -2.18. The quantitative estimate of drug-likeness (QED) is 0.622. The molecule has 0 aliphatic carbocycles. The van der Waals surface area contributed by atoms with Gasteiger partial charge in [0.2, 0.25) is 0 Å². The fourth-order valence-corrected chi connectivity index (χ4v) is 1.74. The summed E-state index contributed by atoms with van der Waals surface area (Å²) in [7, 11) is 0. The molecule has 12 heavy (non-hydrogen) atoms. The van der Waals surface area contributed by atoms with E-state index >= 15 is 0 Å². The molecule has 66 valence electrons. The van der Waals surface area contributed by atoms with E-state index in [0.29, 0.717) is 6.04 Å². The molecule has 0 aromatic carbocycles. The zero-order valence-corrected chi connectivity index (χ0v) is 7.49. The molecule has 0 N–H and O–H groups in total. The van der Waals surface area contributed by atoms with Gasteiger partial charge in [-0.1, -0.05) is 0 Å². The topological polar surface area (TPSA) is 14.2 Å². The van der Waals surface area contributed by atoms with Gasteiger partial charge in [0, 0.05) is 31.6 Å². The fourth-order valence-electron chi connectivity index (χ4n) is 1.74. The average Bonchev–Trinajstić information content (AvgIpc) is 2.54. The molecule has 0 saturated carbocycles. The molecule has 1 fully saturated rings. The minimum Gasteiger partial charge on any atom is -0.381 e.